The fourth-order valence-corrected chi connectivity index (χ4v) is 17.5. The molecule has 4 atom stereocenters. The van der Waals surface area contributed by atoms with Gasteiger partial charge in [0.2, 0.25) is 17.7 Å². The Morgan fingerprint density at radius 3 is 1.37 bits per heavy atom. The van der Waals surface area contributed by atoms with Gasteiger partial charge in [-0.3, -0.25) is 33.5 Å². The third kappa shape index (κ3) is 15.5. The van der Waals surface area contributed by atoms with E-state index in [-0.39, 0.29) is 69.7 Å². The van der Waals surface area contributed by atoms with Gasteiger partial charge in [0.15, 0.2) is 54.6 Å². The molecular formula is C75H79FN16O16S3. The predicted molar refractivity (Wildman–Crippen MR) is 403 cm³/mol. The second-order valence-electron chi connectivity index (χ2n) is 28.3. The number of rotatable bonds is 17. The number of benzene rings is 3. The molecular weight excluding hydrogens is 1500 g/mol. The number of aromatic nitrogens is 9. The van der Waals surface area contributed by atoms with Gasteiger partial charge in [-0.25, -0.2) is 40.4 Å². The molecule has 6 aromatic heterocycles. The van der Waals surface area contributed by atoms with E-state index in [2.05, 4.69) is 52.0 Å². The Morgan fingerprint density at radius 2 is 0.973 bits per heavy atom. The molecule has 3 aromatic carbocycles. The van der Waals surface area contributed by atoms with Crippen LogP contribution in [0.1, 0.15) is 122 Å². The summed E-state index contributed by atoms with van der Waals surface area (Å²) in [6.45, 7) is 11.9. The van der Waals surface area contributed by atoms with Crippen LogP contribution >= 0.6 is 0 Å². The zero-order valence-electron chi connectivity index (χ0n) is 61.4. The largest absolute Gasteiger partial charge is 0.494 e. The molecule has 111 heavy (non-hydrogen) atoms. The molecule has 580 valence electrons. The quantitative estimate of drug-likeness (QED) is 0.0519. The average Bonchev–Trinajstić information content (AvgIpc) is 1.62. The Kier molecular flexibility index (Phi) is 20.3. The van der Waals surface area contributed by atoms with Gasteiger partial charge in [-0.05, 0) is 130 Å². The van der Waals surface area contributed by atoms with Crippen LogP contribution in [0.15, 0.2) is 110 Å². The summed E-state index contributed by atoms with van der Waals surface area (Å²) < 4.78 is 112. The van der Waals surface area contributed by atoms with Crippen molar-refractivity contribution in [1.29, 1.82) is 4.78 Å². The van der Waals surface area contributed by atoms with Gasteiger partial charge in [-0.2, -0.15) is 29.3 Å². The molecule has 9 aromatic rings. The summed E-state index contributed by atoms with van der Waals surface area (Å²) in [5.41, 5.74) is 5.48. The average molecular weight is 1580 g/mol. The van der Waals surface area contributed by atoms with E-state index in [1.54, 1.807) is 36.7 Å². The lowest BCUT2D eigenvalue weighted by Gasteiger charge is -2.41. The van der Waals surface area contributed by atoms with E-state index in [0.29, 0.717) is 110 Å². The van der Waals surface area contributed by atoms with Crippen molar-refractivity contribution in [2.45, 2.75) is 96.2 Å². The van der Waals surface area contributed by atoms with Crippen LogP contribution in [0.25, 0.3) is 17.5 Å². The number of hydrogen-bond acceptors (Lipinski definition) is 23. The maximum absolute atomic E-state index is 13.7. The van der Waals surface area contributed by atoms with E-state index in [1.807, 2.05) is 89.2 Å². The SMILES string of the molecule is CCOc1ccc2c(c1)CC[C@]21Cc2nn(-c3ccc(C)cn3)c(NC(=O)CS(C)(=N)=O)c2C(=O)N1.CCOc1ccc2c(c1)OCC[C@]21Cc2nn(-c3ccc(C)cn3)c(NC(=O)C3CS(=O)(=O)C3)c2C(=O)N1.CCOc1ccc2c(c1)OCC[C@]21Cc2nn(-c3ccc(F)cn3)c(NC(=O)CS(C)(=O)=O)c2C(=O)N1. The van der Waals surface area contributed by atoms with E-state index in [4.69, 9.17) is 38.7 Å². The zero-order chi connectivity index (χ0) is 78.7. The monoisotopic (exact) mass is 1570 g/mol. The van der Waals surface area contributed by atoms with Crippen LogP contribution in [-0.4, -0.2) is 169 Å². The van der Waals surface area contributed by atoms with Gasteiger partial charge in [0.05, 0.1) is 100 Å². The highest BCUT2D eigenvalue weighted by molar-refractivity contribution is 7.93. The molecule has 12 heterocycles. The highest BCUT2D eigenvalue weighted by Gasteiger charge is 2.51. The number of carbonyl (C=O) groups excluding carboxylic acids is 6. The van der Waals surface area contributed by atoms with Crippen molar-refractivity contribution in [2.75, 3.05) is 84.5 Å². The molecule has 0 radical (unpaired) electrons. The van der Waals surface area contributed by atoms with Gasteiger partial charge >= 0.3 is 0 Å². The maximum Gasteiger partial charge on any atom is 0.257 e. The standard InChI is InChI=1S/C26H27N5O6S.C25H28N6O4S.C24H24FN5O6S/c1-3-36-17-5-6-18-20(10-17)37-9-8-26(18)11-19-22(25(33)29-26)23(28-24(32)16-13-38(34,35)14-16)31(30-19)21-7-4-15(2)12-27-21;1-4-35-17-6-7-18-16(11-17)9-10-25(18)12-19-22(24(33)29-25)23(28-21(32)14-36(3,26)34)31(30-19)20-8-5-15(2)13-27-20;1-3-35-15-5-6-16-18(10-15)36-9-8-24(16)11-17-21(23(32)28-24)22(27-20(31)13-37(2,33)34)30(29-17)19-7-4-14(25)12-26-19/h4-7,10,12,16H,3,8-9,11,13-14H2,1-2H3,(H,28,32)(H,29,33);5-8,11,13,26H,4,9-10,12,14H2,1-3H3,(H,28,32)(H,29,33);4-7,10,12H,3,8-9,11,13H2,1-2H3,(H,27,31)(H,28,32)/t26-;25-,36?;24-/m000/s1. The van der Waals surface area contributed by atoms with Crippen LogP contribution in [0.3, 0.4) is 0 Å². The van der Waals surface area contributed by atoms with Crippen molar-refractivity contribution in [2.24, 2.45) is 5.92 Å². The summed E-state index contributed by atoms with van der Waals surface area (Å²) in [5, 5.41) is 31.4. The van der Waals surface area contributed by atoms with Crippen LogP contribution < -0.4 is 55.6 Å². The molecule has 36 heteroatoms. The van der Waals surface area contributed by atoms with Crippen molar-refractivity contribution in [1.82, 2.24) is 60.2 Å². The molecule has 1 aliphatic carbocycles. The molecule has 6 aliphatic heterocycles. The number of hydrogen-bond donors (Lipinski definition) is 7. The van der Waals surface area contributed by atoms with Gasteiger partial charge in [0.25, 0.3) is 17.7 Å². The summed E-state index contributed by atoms with van der Waals surface area (Å²) in [5.74, 6) is -1.50. The summed E-state index contributed by atoms with van der Waals surface area (Å²) in [6.07, 6.45) is 10.1. The lowest BCUT2D eigenvalue weighted by Crippen LogP contribution is -2.53. The molecule has 1 fully saturated rings. The lowest BCUT2D eigenvalue weighted by molar-refractivity contribution is -0.119. The minimum Gasteiger partial charge on any atom is -0.494 e. The minimum atomic E-state index is -3.64. The Labute approximate surface area is 637 Å². The van der Waals surface area contributed by atoms with E-state index in [1.165, 1.54) is 26.4 Å². The number of fused-ring (bicyclic) bond motifs is 9. The molecule has 0 saturated carbocycles. The molecule has 6 amide bonds. The summed E-state index contributed by atoms with van der Waals surface area (Å²) in [4.78, 5) is 91.8. The van der Waals surface area contributed by atoms with Crippen molar-refractivity contribution >= 4 is 82.3 Å². The van der Waals surface area contributed by atoms with Crippen LogP contribution in [0.4, 0.5) is 21.8 Å². The molecule has 16 rings (SSSR count). The van der Waals surface area contributed by atoms with Crippen LogP contribution in [0.5, 0.6) is 28.7 Å². The fourth-order valence-electron chi connectivity index (χ4n) is 15.0. The smallest absolute Gasteiger partial charge is 0.257 e. The second kappa shape index (κ2) is 29.6. The highest BCUT2D eigenvalue weighted by Crippen LogP contribution is 2.48. The van der Waals surface area contributed by atoms with Crippen LogP contribution in [0, 0.1) is 30.4 Å². The van der Waals surface area contributed by atoms with Crippen molar-refractivity contribution in [3.05, 3.63) is 183 Å². The second-order valence-corrected chi connectivity index (χ2v) is 34.9. The number of sulfone groups is 2. The molecule has 1 unspecified atom stereocenters. The van der Waals surface area contributed by atoms with Crippen molar-refractivity contribution < 1.29 is 77.9 Å². The number of anilines is 3. The number of aryl methyl sites for hydroxylation is 3. The first kappa shape index (κ1) is 76.1. The van der Waals surface area contributed by atoms with E-state index < -0.39 is 92.9 Å². The molecule has 3 spiro atoms. The number of nitrogens with one attached hydrogen (secondary N) is 7. The molecule has 1 saturated heterocycles. The number of ether oxygens (including phenoxy) is 5. The first-order valence-electron chi connectivity index (χ1n) is 35.7. The fraction of sp³-hybridized carbons (Fsp3) is 0.360. The Balaban J connectivity index is 0.000000139. The summed E-state index contributed by atoms with van der Waals surface area (Å²) in [7, 11) is -9.91. The van der Waals surface area contributed by atoms with Gasteiger partial charge in [-0.1, -0.05) is 18.2 Å². The topological polar surface area (TPSA) is 422 Å². The Hall–Kier alpha value is -11.7. The first-order chi connectivity index (χ1) is 52.8. The Morgan fingerprint density at radius 1 is 0.568 bits per heavy atom. The van der Waals surface area contributed by atoms with Gasteiger partial charge in [0.1, 0.15) is 62.8 Å². The van der Waals surface area contributed by atoms with E-state index in [9.17, 15) is 54.2 Å². The highest BCUT2D eigenvalue weighted by atomic mass is 32.2. The molecule has 32 nitrogen and oxygen atoms in total. The van der Waals surface area contributed by atoms with Crippen molar-refractivity contribution in [3.63, 3.8) is 0 Å². The van der Waals surface area contributed by atoms with E-state index in [0.717, 1.165) is 70.5 Å². The molecule has 0 bridgehead atoms. The Bertz CT molecular complexity index is 5630. The normalized spacial score (nSPS) is 19.9. The first-order valence-corrected chi connectivity index (χ1v) is 41.7. The van der Waals surface area contributed by atoms with Crippen LogP contribution in [-0.2, 0) is 86.1 Å². The minimum absolute atomic E-state index is 0.0471. The van der Waals surface area contributed by atoms with Crippen molar-refractivity contribution in [3.8, 4) is 46.2 Å². The number of amides is 6. The predicted octanol–water partition coefficient (Wildman–Crippen LogP) is 6.39. The van der Waals surface area contributed by atoms with Gasteiger partial charge in [0, 0.05) is 80.3 Å². The number of pyridine rings is 3. The number of carbonyl (C=O) groups is 6. The third-order valence-corrected chi connectivity index (χ3v) is 23.3. The van der Waals surface area contributed by atoms with Gasteiger partial charge in [-0.15, -0.1) is 0 Å². The summed E-state index contributed by atoms with van der Waals surface area (Å²) >= 11 is 0. The van der Waals surface area contributed by atoms with Crippen LogP contribution in [0.2, 0.25) is 0 Å². The third-order valence-electron chi connectivity index (χ3n) is 19.9. The summed E-state index contributed by atoms with van der Waals surface area (Å²) in [6, 6.07) is 26.7. The zero-order valence-corrected chi connectivity index (χ0v) is 63.9. The van der Waals surface area contributed by atoms with Gasteiger partial charge < -0.3 is 55.6 Å². The lowest BCUT2D eigenvalue weighted by atomic mass is 9.77. The van der Waals surface area contributed by atoms with E-state index >= 15 is 0 Å². The maximum atomic E-state index is 13.7. The molecule has 7 N–H and O–H groups in total. The number of nitrogens with zero attached hydrogens (tertiary/aromatic N) is 9. The number of halogens is 1. The molecule has 7 aliphatic rings.